The van der Waals surface area contributed by atoms with Crippen molar-refractivity contribution in [3.05, 3.63) is 167 Å². The normalized spacial score (nSPS) is 10.9. The minimum atomic E-state index is -0.164. The fraction of sp³-hybridized carbons (Fsp3) is 0.308. The summed E-state index contributed by atoms with van der Waals surface area (Å²) >= 11 is 0. The molecule has 0 unspecified atom stereocenters. The van der Waals surface area contributed by atoms with Crippen molar-refractivity contribution in [2.45, 2.75) is 105 Å². The molecule has 0 aliphatic heterocycles. The maximum Gasteiger partial charge on any atom is 0.131 e. The first-order chi connectivity index (χ1) is 26.4. The van der Waals surface area contributed by atoms with Gasteiger partial charge < -0.3 is 0 Å². The average Bonchev–Trinajstić information content (AvgIpc) is 3.20. The van der Waals surface area contributed by atoms with Gasteiger partial charge in [0, 0.05) is 11.1 Å². The van der Waals surface area contributed by atoms with Gasteiger partial charge in [-0.2, -0.15) is 0 Å². The minimum absolute atomic E-state index is 0.163. The lowest BCUT2D eigenvalue weighted by Crippen LogP contribution is -1.89. The molecular formula is C52H58F2. The SMILES string of the molecule is CCCCCc1ccc(-c2ccc(-c3ccc(CCC)cc3)c(F)c2)cc1.CCCCCc1ccc(-c2ccc(-c3ccc(CCC)cc3)cc2F)cc1. The van der Waals surface area contributed by atoms with Crippen LogP contribution in [0.2, 0.25) is 0 Å². The van der Waals surface area contributed by atoms with Gasteiger partial charge in [-0.3, -0.25) is 0 Å². The van der Waals surface area contributed by atoms with Crippen molar-refractivity contribution in [2.75, 3.05) is 0 Å². The molecule has 0 aliphatic rings. The zero-order chi connectivity index (χ0) is 38.1. The van der Waals surface area contributed by atoms with Crippen molar-refractivity contribution in [3.8, 4) is 44.5 Å². The maximum atomic E-state index is 14.8. The fourth-order valence-corrected chi connectivity index (χ4v) is 7.02. The minimum Gasteiger partial charge on any atom is -0.206 e. The van der Waals surface area contributed by atoms with Gasteiger partial charge in [-0.05, 0) is 106 Å². The molecule has 0 N–H and O–H groups in total. The molecule has 0 bridgehead atoms. The van der Waals surface area contributed by atoms with E-state index in [1.165, 1.54) is 60.8 Å². The van der Waals surface area contributed by atoms with Crippen molar-refractivity contribution in [1.29, 1.82) is 0 Å². The first-order valence-corrected chi connectivity index (χ1v) is 20.4. The first-order valence-electron chi connectivity index (χ1n) is 20.4. The summed E-state index contributed by atoms with van der Waals surface area (Å²) in [6, 6.07) is 44.7. The zero-order valence-electron chi connectivity index (χ0n) is 32.9. The molecule has 0 atom stereocenters. The Morgan fingerprint density at radius 3 is 0.889 bits per heavy atom. The topological polar surface area (TPSA) is 0 Å². The van der Waals surface area contributed by atoms with Gasteiger partial charge in [0.15, 0.2) is 0 Å². The van der Waals surface area contributed by atoms with Gasteiger partial charge in [-0.15, -0.1) is 0 Å². The molecule has 0 aromatic heterocycles. The Bertz CT molecular complexity index is 1990. The first kappa shape index (κ1) is 40.4. The molecular weight excluding hydrogens is 663 g/mol. The molecule has 54 heavy (non-hydrogen) atoms. The van der Waals surface area contributed by atoms with Gasteiger partial charge in [0.05, 0.1) is 0 Å². The standard InChI is InChI=1S/2C26H29F/c1-3-5-6-8-21-9-13-22(14-10-21)24-17-18-25(26(27)19-24)23-15-11-20(7-4-2)12-16-23;1-3-5-6-8-21-11-15-23(16-12-21)25-18-17-24(19-26(25)27)22-13-9-20(7-4-2)10-14-22/h2*9-19H,3-8H2,1-2H3. The van der Waals surface area contributed by atoms with Crippen LogP contribution in [0.3, 0.4) is 0 Å². The largest absolute Gasteiger partial charge is 0.206 e. The highest BCUT2D eigenvalue weighted by Gasteiger charge is 2.10. The van der Waals surface area contributed by atoms with Crippen LogP contribution in [0.1, 0.15) is 101 Å². The number of aryl methyl sites for hydroxylation is 4. The Balaban J connectivity index is 0.000000208. The molecule has 0 nitrogen and oxygen atoms in total. The Morgan fingerprint density at radius 2 is 0.593 bits per heavy atom. The lowest BCUT2D eigenvalue weighted by atomic mass is 9.97. The Morgan fingerprint density at radius 1 is 0.296 bits per heavy atom. The zero-order valence-corrected chi connectivity index (χ0v) is 32.9. The quantitative estimate of drug-likeness (QED) is 0.0873. The summed E-state index contributed by atoms with van der Waals surface area (Å²) in [5.74, 6) is -0.327. The van der Waals surface area contributed by atoms with Crippen LogP contribution in [0.15, 0.2) is 133 Å². The van der Waals surface area contributed by atoms with Crippen LogP contribution in [0.5, 0.6) is 0 Å². The maximum absolute atomic E-state index is 14.8. The molecule has 0 aliphatic carbocycles. The van der Waals surface area contributed by atoms with Gasteiger partial charge in [0.2, 0.25) is 0 Å². The number of hydrogen-bond acceptors (Lipinski definition) is 0. The van der Waals surface area contributed by atoms with E-state index < -0.39 is 0 Å². The lowest BCUT2D eigenvalue weighted by Gasteiger charge is -2.09. The van der Waals surface area contributed by atoms with Crippen molar-refractivity contribution >= 4 is 0 Å². The molecule has 2 heteroatoms. The third kappa shape index (κ3) is 11.6. The molecule has 0 heterocycles. The summed E-state index contributed by atoms with van der Waals surface area (Å²) < 4.78 is 29.5. The van der Waals surface area contributed by atoms with Crippen molar-refractivity contribution in [1.82, 2.24) is 0 Å². The summed E-state index contributed by atoms with van der Waals surface area (Å²) in [7, 11) is 0. The number of halogens is 2. The van der Waals surface area contributed by atoms with Crippen LogP contribution in [-0.4, -0.2) is 0 Å². The second-order valence-electron chi connectivity index (χ2n) is 14.6. The van der Waals surface area contributed by atoms with E-state index in [-0.39, 0.29) is 11.6 Å². The third-order valence-corrected chi connectivity index (χ3v) is 10.3. The van der Waals surface area contributed by atoms with Gasteiger partial charge >= 0.3 is 0 Å². The highest BCUT2D eigenvalue weighted by atomic mass is 19.1. The monoisotopic (exact) mass is 720 g/mol. The molecule has 6 rings (SSSR count). The van der Waals surface area contributed by atoms with Gasteiger partial charge in [0.1, 0.15) is 11.6 Å². The van der Waals surface area contributed by atoms with E-state index >= 15 is 0 Å². The molecule has 0 saturated heterocycles. The van der Waals surface area contributed by atoms with E-state index in [1.54, 1.807) is 12.1 Å². The van der Waals surface area contributed by atoms with Gasteiger partial charge in [-0.1, -0.05) is 188 Å². The van der Waals surface area contributed by atoms with E-state index in [4.69, 9.17) is 0 Å². The predicted molar refractivity (Wildman–Crippen MR) is 229 cm³/mol. The fourth-order valence-electron chi connectivity index (χ4n) is 7.02. The van der Waals surface area contributed by atoms with E-state index in [1.807, 2.05) is 48.5 Å². The number of hydrogen-bond donors (Lipinski definition) is 0. The van der Waals surface area contributed by atoms with Crippen LogP contribution in [0, 0.1) is 11.6 Å². The summed E-state index contributed by atoms with van der Waals surface area (Å²) in [6.45, 7) is 8.79. The van der Waals surface area contributed by atoms with Crippen LogP contribution < -0.4 is 0 Å². The second kappa shape index (κ2) is 21.2. The molecule has 6 aromatic rings. The van der Waals surface area contributed by atoms with Crippen LogP contribution in [0.25, 0.3) is 44.5 Å². The highest BCUT2D eigenvalue weighted by molar-refractivity contribution is 5.72. The van der Waals surface area contributed by atoms with Gasteiger partial charge in [0.25, 0.3) is 0 Å². The number of unbranched alkanes of at least 4 members (excludes halogenated alkanes) is 4. The van der Waals surface area contributed by atoms with Crippen molar-refractivity contribution in [2.24, 2.45) is 0 Å². The van der Waals surface area contributed by atoms with Crippen molar-refractivity contribution < 1.29 is 8.78 Å². The van der Waals surface area contributed by atoms with Crippen LogP contribution in [0.4, 0.5) is 8.78 Å². The van der Waals surface area contributed by atoms with Crippen LogP contribution in [-0.2, 0) is 25.7 Å². The van der Waals surface area contributed by atoms with Crippen molar-refractivity contribution in [3.63, 3.8) is 0 Å². The summed E-state index contributed by atoms with van der Waals surface area (Å²) in [5, 5.41) is 0. The average molecular weight is 721 g/mol. The highest BCUT2D eigenvalue weighted by Crippen LogP contribution is 2.30. The second-order valence-corrected chi connectivity index (χ2v) is 14.6. The number of benzene rings is 6. The van der Waals surface area contributed by atoms with E-state index in [2.05, 4.69) is 100 Å². The Labute approximate surface area is 324 Å². The number of rotatable bonds is 16. The third-order valence-electron chi connectivity index (χ3n) is 10.3. The molecule has 0 fully saturated rings. The molecule has 0 saturated carbocycles. The van der Waals surface area contributed by atoms with E-state index in [0.29, 0.717) is 11.1 Å². The molecule has 280 valence electrons. The molecule has 0 spiro atoms. The Kier molecular flexibility index (Phi) is 15.8. The summed E-state index contributed by atoms with van der Waals surface area (Å²) in [6.07, 6.45) is 14.1. The lowest BCUT2D eigenvalue weighted by molar-refractivity contribution is 0.631. The molecule has 0 radical (unpaired) electrons. The smallest absolute Gasteiger partial charge is 0.131 e. The van der Waals surface area contributed by atoms with E-state index in [9.17, 15) is 8.78 Å². The van der Waals surface area contributed by atoms with Gasteiger partial charge in [-0.25, -0.2) is 8.78 Å². The molecule has 6 aromatic carbocycles. The Hall–Kier alpha value is -4.82. The summed E-state index contributed by atoms with van der Waals surface area (Å²) in [5.41, 5.74) is 12.5. The van der Waals surface area contributed by atoms with E-state index in [0.717, 1.165) is 71.9 Å². The molecule has 0 amide bonds. The summed E-state index contributed by atoms with van der Waals surface area (Å²) in [4.78, 5) is 0. The predicted octanol–water partition coefficient (Wildman–Crippen LogP) is 15.7. The van der Waals surface area contributed by atoms with Crippen LogP contribution >= 0.6 is 0 Å².